The molecule has 0 atom stereocenters. The number of fused-ring (bicyclic) bond motifs is 1. The number of benzene rings is 1. The summed E-state index contributed by atoms with van der Waals surface area (Å²) in [7, 11) is 0. The fraction of sp³-hybridized carbons (Fsp3) is 0.269. The molecule has 7 heteroatoms. The second kappa shape index (κ2) is 9.03. The number of aromatic nitrogens is 4. The number of rotatable bonds is 5. The zero-order chi connectivity index (χ0) is 22.8. The maximum atomic E-state index is 12.3. The summed E-state index contributed by atoms with van der Waals surface area (Å²) in [4.78, 5) is 14.6. The third-order valence-corrected chi connectivity index (χ3v) is 5.85. The number of para-hydroxylation sites is 1. The summed E-state index contributed by atoms with van der Waals surface area (Å²) >= 11 is 0. The van der Waals surface area contributed by atoms with Crippen molar-refractivity contribution in [3.05, 3.63) is 82.4 Å². The van der Waals surface area contributed by atoms with Crippen molar-refractivity contribution in [2.24, 2.45) is 0 Å². The molecule has 33 heavy (non-hydrogen) atoms. The molecule has 4 heterocycles. The van der Waals surface area contributed by atoms with E-state index in [1.807, 2.05) is 54.9 Å². The first kappa shape index (κ1) is 21.2. The van der Waals surface area contributed by atoms with Crippen LogP contribution in [0.4, 0.5) is 5.69 Å². The van der Waals surface area contributed by atoms with Crippen LogP contribution in [-0.2, 0) is 4.74 Å². The van der Waals surface area contributed by atoms with E-state index in [9.17, 15) is 4.79 Å². The van der Waals surface area contributed by atoms with E-state index in [1.54, 1.807) is 12.1 Å². The van der Waals surface area contributed by atoms with E-state index in [1.165, 1.54) is 10.4 Å². The summed E-state index contributed by atoms with van der Waals surface area (Å²) in [5.74, 6) is 0. The van der Waals surface area contributed by atoms with Gasteiger partial charge in [0.25, 0.3) is 5.56 Å². The van der Waals surface area contributed by atoms with Crippen molar-refractivity contribution in [1.82, 2.24) is 19.4 Å². The molecule has 0 unspecified atom stereocenters. The van der Waals surface area contributed by atoms with Crippen LogP contribution in [0.5, 0.6) is 0 Å². The van der Waals surface area contributed by atoms with Gasteiger partial charge in [0.1, 0.15) is 0 Å². The van der Waals surface area contributed by atoms with E-state index in [-0.39, 0.29) is 11.6 Å². The van der Waals surface area contributed by atoms with Gasteiger partial charge in [-0.3, -0.25) is 4.79 Å². The predicted molar refractivity (Wildman–Crippen MR) is 131 cm³/mol. The molecule has 1 aliphatic heterocycles. The van der Waals surface area contributed by atoms with Crippen molar-refractivity contribution in [3.63, 3.8) is 0 Å². The highest BCUT2D eigenvalue weighted by Crippen LogP contribution is 2.29. The van der Waals surface area contributed by atoms with Crippen molar-refractivity contribution in [2.45, 2.75) is 19.9 Å². The Labute approximate surface area is 192 Å². The highest BCUT2D eigenvalue weighted by molar-refractivity contribution is 5.88. The second-order valence-electron chi connectivity index (χ2n) is 8.38. The van der Waals surface area contributed by atoms with Crippen LogP contribution in [-0.4, -0.2) is 45.7 Å². The van der Waals surface area contributed by atoms with Crippen LogP contribution in [0.2, 0.25) is 0 Å². The summed E-state index contributed by atoms with van der Waals surface area (Å²) < 4.78 is 8.89. The molecule has 5 rings (SSSR count). The van der Waals surface area contributed by atoms with Crippen LogP contribution >= 0.6 is 0 Å². The van der Waals surface area contributed by atoms with Crippen LogP contribution in [0.3, 0.4) is 0 Å². The molecule has 3 aromatic heterocycles. The zero-order valence-electron chi connectivity index (χ0n) is 18.9. The first-order chi connectivity index (χ1) is 16.1. The molecule has 7 nitrogen and oxygen atoms in total. The highest BCUT2D eigenvalue weighted by atomic mass is 16.5. The Balaban J connectivity index is 1.60. The Kier molecular flexibility index (Phi) is 5.79. The van der Waals surface area contributed by atoms with Crippen molar-refractivity contribution in [2.75, 3.05) is 31.2 Å². The highest BCUT2D eigenvalue weighted by Gasteiger charge is 2.17. The van der Waals surface area contributed by atoms with Crippen molar-refractivity contribution < 1.29 is 4.74 Å². The van der Waals surface area contributed by atoms with Crippen molar-refractivity contribution in [3.8, 4) is 11.3 Å². The molecule has 0 bridgehead atoms. The van der Waals surface area contributed by atoms with Gasteiger partial charge in [0.15, 0.2) is 0 Å². The van der Waals surface area contributed by atoms with Gasteiger partial charge in [-0.15, -0.1) is 0 Å². The van der Waals surface area contributed by atoms with E-state index in [0.29, 0.717) is 0 Å². The lowest BCUT2D eigenvalue weighted by molar-refractivity contribution is 0.122. The third kappa shape index (κ3) is 4.19. The molecular weight excluding hydrogens is 414 g/mol. The minimum Gasteiger partial charge on any atom is -0.378 e. The maximum absolute atomic E-state index is 12.3. The molecule has 0 radical (unpaired) electrons. The standard InChI is InChI=1S/C26H27N5O2/c1-19(2)31-25(32)13-12-22(28-31)26-21(27-30-14-6-5-9-24(26)30)11-10-20-7-3-4-8-23(20)29-15-17-33-18-16-29/h3-14,19H,15-18H2,1-2H3. The first-order valence-electron chi connectivity index (χ1n) is 11.3. The van der Waals surface area contributed by atoms with Gasteiger partial charge in [-0.25, -0.2) is 9.20 Å². The summed E-state index contributed by atoms with van der Waals surface area (Å²) in [6.45, 7) is 7.16. The summed E-state index contributed by atoms with van der Waals surface area (Å²) in [5.41, 5.74) is 5.59. The van der Waals surface area contributed by atoms with E-state index >= 15 is 0 Å². The summed E-state index contributed by atoms with van der Waals surface area (Å²) in [6.07, 6.45) is 6.07. The molecule has 0 amide bonds. The van der Waals surface area contributed by atoms with Gasteiger partial charge >= 0.3 is 0 Å². The topological polar surface area (TPSA) is 64.7 Å². The van der Waals surface area contributed by atoms with Gasteiger partial charge in [0.2, 0.25) is 0 Å². The molecule has 0 saturated carbocycles. The molecule has 1 aromatic carbocycles. The van der Waals surface area contributed by atoms with Crippen LogP contribution in [0.15, 0.2) is 65.6 Å². The molecular formula is C26H27N5O2. The molecule has 1 fully saturated rings. The summed E-state index contributed by atoms with van der Waals surface area (Å²) in [5, 5.41) is 9.48. The molecule has 1 saturated heterocycles. The molecule has 4 aromatic rings. The normalized spacial score (nSPS) is 14.6. The Bertz CT molecular complexity index is 1360. The maximum Gasteiger partial charge on any atom is 0.267 e. The van der Waals surface area contributed by atoms with Gasteiger partial charge in [-0.2, -0.15) is 10.2 Å². The van der Waals surface area contributed by atoms with Crippen molar-refractivity contribution >= 4 is 23.4 Å². The number of anilines is 1. The quantitative estimate of drug-likeness (QED) is 0.466. The Hall–Kier alpha value is -3.71. The van der Waals surface area contributed by atoms with E-state index in [0.717, 1.165) is 54.3 Å². The minimum atomic E-state index is -0.109. The number of morpholine rings is 1. The molecule has 0 N–H and O–H groups in total. The predicted octanol–water partition coefficient (Wildman–Crippen LogP) is 4.15. The lowest BCUT2D eigenvalue weighted by atomic mass is 10.1. The van der Waals surface area contributed by atoms with Crippen molar-refractivity contribution in [1.29, 1.82) is 0 Å². The van der Waals surface area contributed by atoms with Crippen LogP contribution in [0.25, 0.3) is 28.9 Å². The average molecular weight is 442 g/mol. The minimum absolute atomic E-state index is 0.0290. The Morgan fingerprint density at radius 3 is 2.55 bits per heavy atom. The lowest BCUT2D eigenvalue weighted by Gasteiger charge is -2.30. The average Bonchev–Trinajstić information content (AvgIpc) is 3.22. The molecule has 168 valence electrons. The number of nitrogens with zero attached hydrogens (tertiary/aromatic N) is 5. The van der Waals surface area contributed by atoms with Gasteiger partial charge in [0, 0.05) is 31.0 Å². The third-order valence-electron chi connectivity index (χ3n) is 5.85. The Morgan fingerprint density at radius 2 is 1.73 bits per heavy atom. The number of ether oxygens (including phenoxy) is 1. The van der Waals surface area contributed by atoms with E-state index in [2.05, 4.69) is 34.3 Å². The van der Waals surface area contributed by atoms with Gasteiger partial charge in [-0.1, -0.05) is 30.3 Å². The monoisotopic (exact) mass is 441 g/mol. The number of hydrogen-bond acceptors (Lipinski definition) is 5. The fourth-order valence-electron chi connectivity index (χ4n) is 4.21. The van der Waals surface area contributed by atoms with Crippen LogP contribution in [0.1, 0.15) is 31.1 Å². The largest absolute Gasteiger partial charge is 0.378 e. The molecule has 1 aliphatic rings. The second-order valence-corrected chi connectivity index (χ2v) is 8.38. The number of pyridine rings is 1. The first-order valence-corrected chi connectivity index (χ1v) is 11.3. The van der Waals surface area contributed by atoms with Gasteiger partial charge < -0.3 is 9.64 Å². The van der Waals surface area contributed by atoms with Crippen LogP contribution < -0.4 is 10.5 Å². The van der Waals surface area contributed by atoms with Crippen LogP contribution in [0, 0.1) is 0 Å². The van der Waals surface area contributed by atoms with E-state index in [4.69, 9.17) is 9.84 Å². The zero-order valence-corrected chi connectivity index (χ0v) is 18.9. The fourth-order valence-corrected chi connectivity index (χ4v) is 4.21. The van der Waals surface area contributed by atoms with Gasteiger partial charge in [-0.05, 0) is 49.8 Å². The smallest absolute Gasteiger partial charge is 0.267 e. The Morgan fingerprint density at radius 1 is 0.939 bits per heavy atom. The van der Waals surface area contributed by atoms with E-state index < -0.39 is 0 Å². The SMILES string of the molecule is CC(C)n1nc(-c2c(C=Cc3ccccc3N3CCOCC3)nn3ccccc23)ccc1=O. The number of hydrogen-bond donors (Lipinski definition) is 0. The lowest BCUT2D eigenvalue weighted by Crippen LogP contribution is -2.36. The molecule has 0 aliphatic carbocycles. The summed E-state index contributed by atoms with van der Waals surface area (Å²) in [6, 6.07) is 17.7. The molecule has 0 spiro atoms. The van der Waals surface area contributed by atoms with Gasteiger partial charge in [0.05, 0.1) is 41.7 Å².